The Morgan fingerprint density at radius 3 is 2.67 bits per heavy atom. The smallest absolute Gasteiger partial charge is 0.294 e. The molecular formula is C20H25N5O2. The number of nitrogens with one attached hydrogen (secondary N) is 1. The Morgan fingerprint density at radius 2 is 2.04 bits per heavy atom. The van der Waals surface area contributed by atoms with Crippen LogP contribution in [0.5, 0.6) is 0 Å². The van der Waals surface area contributed by atoms with E-state index < -0.39 is 0 Å². The summed E-state index contributed by atoms with van der Waals surface area (Å²) in [5.41, 5.74) is 3.91. The Hall–Kier alpha value is -2.85. The van der Waals surface area contributed by atoms with Crippen LogP contribution >= 0.6 is 0 Å². The van der Waals surface area contributed by atoms with Crippen molar-refractivity contribution < 1.29 is 9.53 Å². The van der Waals surface area contributed by atoms with Gasteiger partial charge in [0.15, 0.2) is 6.23 Å². The maximum Gasteiger partial charge on any atom is 0.294 e. The molecule has 1 aliphatic heterocycles. The van der Waals surface area contributed by atoms with E-state index in [2.05, 4.69) is 26.1 Å². The predicted octanol–water partition coefficient (Wildman–Crippen LogP) is 2.94. The van der Waals surface area contributed by atoms with Crippen LogP contribution in [-0.4, -0.2) is 40.8 Å². The summed E-state index contributed by atoms with van der Waals surface area (Å²) in [6, 6.07) is 12.2. The van der Waals surface area contributed by atoms with Crippen molar-refractivity contribution in [2.24, 2.45) is 0 Å². The molecule has 1 saturated heterocycles. The van der Waals surface area contributed by atoms with Crippen molar-refractivity contribution in [3.8, 4) is 6.07 Å². The Kier molecular flexibility index (Phi) is 6.09. The van der Waals surface area contributed by atoms with Gasteiger partial charge in [-0.3, -0.25) is 14.4 Å². The van der Waals surface area contributed by atoms with Gasteiger partial charge in [0.1, 0.15) is 6.54 Å². The number of aryl methyl sites for hydroxylation is 1. The maximum atomic E-state index is 11.0. The normalized spacial score (nSPS) is 16.5. The minimum absolute atomic E-state index is 0.271. The number of hydrogen-bond acceptors (Lipinski definition) is 6. The molecule has 1 atom stereocenters. The van der Waals surface area contributed by atoms with E-state index in [9.17, 15) is 4.79 Å². The minimum Gasteiger partial charge on any atom is -0.444 e. The molecule has 0 aliphatic carbocycles. The third-order valence-corrected chi connectivity index (χ3v) is 5.11. The van der Waals surface area contributed by atoms with Crippen LogP contribution in [0.15, 0.2) is 30.3 Å². The quantitative estimate of drug-likeness (QED) is 0.598. The van der Waals surface area contributed by atoms with E-state index in [1.165, 1.54) is 0 Å². The molecule has 2 aromatic rings. The lowest BCUT2D eigenvalue weighted by Gasteiger charge is -2.36. The van der Waals surface area contributed by atoms with Crippen LogP contribution in [0.1, 0.15) is 42.1 Å². The van der Waals surface area contributed by atoms with E-state index in [0.717, 1.165) is 48.6 Å². The number of hydrogen-bond donors (Lipinski definition) is 1. The van der Waals surface area contributed by atoms with E-state index in [-0.39, 0.29) is 12.8 Å². The second-order valence-electron chi connectivity index (χ2n) is 6.76. The van der Waals surface area contributed by atoms with Crippen LogP contribution in [0.2, 0.25) is 0 Å². The van der Waals surface area contributed by atoms with Gasteiger partial charge in [-0.05, 0) is 26.7 Å². The van der Waals surface area contributed by atoms with Gasteiger partial charge in [0.2, 0.25) is 0 Å². The van der Waals surface area contributed by atoms with Crippen LogP contribution < -0.4 is 5.32 Å². The largest absolute Gasteiger partial charge is 0.444 e. The van der Waals surface area contributed by atoms with Gasteiger partial charge in [0.05, 0.1) is 29.2 Å². The molecular weight excluding hydrogens is 342 g/mol. The number of carbonyl (C=O) groups is 1. The lowest BCUT2D eigenvalue weighted by Crippen LogP contribution is -2.38. The molecule has 1 unspecified atom stereocenters. The van der Waals surface area contributed by atoms with Crippen molar-refractivity contribution in [2.75, 3.05) is 25.0 Å². The monoisotopic (exact) mass is 367 g/mol. The number of carbonyl (C=O) groups excluding carboxylic acids is 1. The lowest BCUT2D eigenvalue weighted by molar-refractivity contribution is -0.146. The molecule has 0 amide bonds. The SMILES string of the molecule is Cc1nn(C2CCN(C(OC=O)c3ccccc3)CC2)c(C)c1NCC#N. The van der Waals surface area contributed by atoms with E-state index in [4.69, 9.17) is 10.00 Å². The molecule has 0 bridgehead atoms. The number of anilines is 1. The van der Waals surface area contributed by atoms with E-state index in [1.54, 1.807) is 0 Å². The first-order chi connectivity index (χ1) is 13.2. The first-order valence-electron chi connectivity index (χ1n) is 9.20. The fourth-order valence-corrected chi connectivity index (χ4v) is 3.81. The highest BCUT2D eigenvalue weighted by Crippen LogP contribution is 2.32. The Morgan fingerprint density at radius 1 is 1.33 bits per heavy atom. The van der Waals surface area contributed by atoms with Gasteiger partial charge in [-0.15, -0.1) is 0 Å². The second kappa shape index (κ2) is 8.69. The Bertz CT molecular complexity index is 804. The number of nitrogens with zero attached hydrogens (tertiary/aromatic N) is 4. The molecule has 0 saturated carbocycles. The standard InChI is InChI=1S/C20H25N5O2/c1-15-19(22-11-10-21)16(2)25(23-15)18-8-12-24(13-9-18)20(27-14-26)17-6-4-3-5-7-17/h3-7,14,18,20,22H,8-9,11-13H2,1-2H3. The number of piperidine rings is 1. The number of aromatic nitrogens is 2. The molecule has 1 aromatic carbocycles. The fraction of sp³-hybridized carbons (Fsp3) is 0.450. The highest BCUT2D eigenvalue weighted by Gasteiger charge is 2.29. The summed E-state index contributed by atoms with van der Waals surface area (Å²) in [6.45, 7) is 6.43. The first kappa shape index (κ1) is 18.9. The molecule has 0 radical (unpaired) electrons. The fourth-order valence-electron chi connectivity index (χ4n) is 3.81. The zero-order valence-electron chi connectivity index (χ0n) is 15.8. The van der Waals surface area contributed by atoms with Crippen molar-refractivity contribution in [1.82, 2.24) is 14.7 Å². The Balaban J connectivity index is 1.70. The molecule has 1 aromatic heterocycles. The number of rotatable bonds is 7. The molecule has 27 heavy (non-hydrogen) atoms. The minimum atomic E-state index is -0.349. The number of likely N-dealkylation sites (tertiary alicyclic amines) is 1. The van der Waals surface area contributed by atoms with Crippen LogP contribution in [0.3, 0.4) is 0 Å². The summed E-state index contributed by atoms with van der Waals surface area (Å²) in [6.07, 6.45) is 1.49. The van der Waals surface area contributed by atoms with Gasteiger partial charge in [-0.25, -0.2) is 0 Å². The first-order valence-corrected chi connectivity index (χ1v) is 9.20. The highest BCUT2D eigenvalue weighted by atomic mass is 16.5. The Labute approximate surface area is 159 Å². The second-order valence-corrected chi connectivity index (χ2v) is 6.76. The van der Waals surface area contributed by atoms with Crippen molar-refractivity contribution >= 4 is 12.2 Å². The van der Waals surface area contributed by atoms with Crippen molar-refractivity contribution in [1.29, 1.82) is 5.26 Å². The number of nitriles is 1. The summed E-state index contributed by atoms with van der Waals surface area (Å²) in [7, 11) is 0. The van der Waals surface area contributed by atoms with E-state index in [1.807, 2.05) is 44.2 Å². The topological polar surface area (TPSA) is 83.2 Å². The zero-order chi connectivity index (χ0) is 19.2. The number of benzene rings is 1. The van der Waals surface area contributed by atoms with Crippen molar-refractivity contribution in [3.63, 3.8) is 0 Å². The predicted molar refractivity (Wildman–Crippen MR) is 102 cm³/mol. The molecule has 0 spiro atoms. The molecule has 1 fully saturated rings. The average molecular weight is 367 g/mol. The summed E-state index contributed by atoms with van der Waals surface area (Å²) in [5.74, 6) is 0. The summed E-state index contributed by atoms with van der Waals surface area (Å²) in [5, 5.41) is 16.6. The van der Waals surface area contributed by atoms with Gasteiger partial charge in [-0.1, -0.05) is 30.3 Å². The molecule has 3 rings (SSSR count). The van der Waals surface area contributed by atoms with Gasteiger partial charge in [-0.2, -0.15) is 10.4 Å². The van der Waals surface area contributed by atoms with Gasteiger partial charge in [0, 0.05) is 18.7 Å². The van der Waals surface area contributed by atoms with E-state index >= 15 is 0 Å². The van der Waals surface area contributed by atoms with Crippen molar-refractivity contribution in [3.05, 3.63) is 47.3 Å². The summed E-state index contributed by atoms with van der Waals surface area (Å²) >= 11 is 0. The van der Waals surface area contributed by atoms with Crippen LogP contribution in [0, 0.1) is 25.2 Å². The lowest BCUT2D eigenvalue weighted by atomic mass is 10.0. The molecule has 142 valence electrons. The third-order valence-electron chi connectivity index (χ3n) is 5.11. The van der Waals surface area contributed by atoms with Gasteiger partial charge >= 0.3 is 0 Å². The number of ether oxygens (including phenoxy) is 1. The zero-order valence-corrected chi connectivity index (χ0v) is 15.8. The van der Waals surface area contributed by atoms with Crippen LogP contribution in [-0.2, 0) is 9.53 Å². The molecule has 1 aliphatic rings. The van der Waals surface area contributed by atoms with Crippen LogP contribution in [0.25, 0.3) is 0 Å². The van der Waals surface area contributed by atoms with Crippen molar-refractivity contribution in [2.45, 2.75) is 39.0 Å². The third kappa shape index (κ3) is 4.12. The molecule has 2 heterocycles. The van der Waals surface area contributed by atoms with Gasteiger partial charge in [0.25, 0.3) is 6.47 Å². The average Bonchev–Trinajstić information content (AvgIpc) is 2.99. The molecule has 7 heteroatoms. The maximum absolute atomic E-state index is 11.0. The molecule has 7 nitrogen and oxygen atoms in total. The summed E-state index contributed by atoms with van der Waals surface area (Å²) < 4.78 is 7.46. The molecule has 1 N–H and O–H groups in total. The highest BCUT2D eigenvalue weighted by molar-refractivity contribution is 5.52. The summed E-state index contributed by atoms with van der Waals surface area (Å²) in [4.78, 5) is 13.2. The van der Waals surface area contributed by atoms with E-state index in [0.29, 0.717) is 12.5 Å². The van der Waals surface area contributed by atoms with Crippen LogP contribution in [0.4, 0.5) is 5.69 Å². The van der Waals surface area contributed by atoms with Gasteiger partial charge < -0.3 is 10.1 Å².